The molecule has 8 heteroatoms. The first-order chi connectivity index (χ1) is 12.0. The third-order valence-electron chi connectivity index (χ3n) is 4.31. The summed E-state index contributed by atoms with van der Waals surface area (Å²) in [5.74, 6) is -0.397. The Bertz CT molecular complexity index is 724. The number of rotatable bonds is 5. The number of hydrogen-bond donors (Lipinski definition) is 2. The largest absolute Gasteiger partial charge is 0.459 e. The Balaban J connectivity index is 1.52. The molecule has 0 spiro atoms. The predicted molar refractivity (Wildman–Crippen MR) is 92.2 cm³/mol. The zero-order chi connectivity index (χ0) is 17.8. The Morgan fingerprint density at radius 1 is 1.44 bits per heavy atom. The summed E-state index contributed by atoms with van der Waals surface area (Å²) in [7, 11) is 1.89. The number of aryl methyl sites for hydroxylation is 1. The van der Waals surface area contributed by atoms with E-state index in [1.807, 2.05) is 19.4 Å². The predicted octanol–water partition coefficient (Wildman–Crippen LogP) is 0.917. The van der Waals surface area contributed by atoms with Gasteiger partial charge >= 0.3 is 0 Å². The molecule has 25 heavy (non-hydrogen) atoms. The van der Waals surface area contributed by atoms with Gasteiger partial charge in [0.25, 0.3) is 5.91 Å². The van der Waals surface area contributed by atoms with Crippen molar-refractivity contribution in [2.45, 2.75) is 31.8 Å². The van der Waals surface area contributed by atoms with Gasteiger partial charge in [-0.2, -0.15) is 5.10 Å². The lowest BCUT2D eigenvalue weighted by Crippen LogP contribution is -2.53. The fourth-order valence-corrected chi connectivity index (χ4v) is 2.97. The van der Waals surface area contributed by atoms with Gasteiger partial charge in [0.2, 0.25) is 5.91 Å². The Labute approximate surface area is 146 Å². The second-order valence-electron chi connectivity index (χ2n) is 6.34. The monoisotopic (exact) mass is 345 g/mol. The van der Waals surface area contributed by atoms with Gasteiger partial charge in [-0.3, -0.25) is 14.3 Å². The minimum atomic E-state index is -0.633. The lowest BCUT2D eigenvalue weighted by atomic mass is 10.0. The summed E-state index contributed by atoms with van der Waals surface area (Å²) in [5, 5.41) is 9.86. The lowest BCUT2D eigenvalue weighted by molar-refractivity contribution is -0.123. The summed E-state index contributed by atoms with van der Waals surface area (Å²) in [6.45, 7) is 3.34. The van der Waals surface area contributed by atoms with Gasteiger partial charge in [0.15, 0.2) is 5.76 Å². The Morgan fingerprint density at radius 2 is 2.28 bits per heavy atom. The van der Waals surface area contributed by atoms with E-state index in [0.717, 1.165) is 31.6 Å². The van der Waals surface area contributed by atoms with E-state index in [2.05, 4.69) is 20.6 Å². The van der Waals surface area contributed by atoms with Crippen molar-refractivity contribution in [3.63, 3.8) is 0 Å². The fourth-order valence-electron chi connectivity index (χ4n) is 2.97. The SMILES string of the molecule is CC(NC(=O)c1ccco1)C(=O)NC1CCCN(c2cnn(C)c2)C1. The Kier molecular flexibility index (Phi) is 5.06. The third kappa shape index (κ3) is 4.20. The molecule has 2 unspecified atom stereocenters. The summed E-state index contributed by atoms with van der Waals surface area (Å²) in [4.78, 5) is 26.5. The molecule has 3 heterocycles. The van der Waals surface area contributed by atoms with Crippen LogP contribution in [0.15, 0.2) is 35.2 Å². The normalized spacial score (nSPS) is 18.6. The molecule has 134 valence electrons. The maximum Gasteiger partial charge on any atom is 0.287 e. The number of aromatic nitrogens is 2. The number of carbonyl (C=O) groups excluding carboxylic acids is 2. The van der Waals surface area contributed by atoms with Crippen molar-refractivity contribution >= 4 is 17.5 Å². The smallest absolute Gasteiger partial charge is 0.287 e. The quantitative estimate of drug-likeness (QED) is 0.841. The van der Waals surface area contributed by atoms with Crippen LogP contribution in [-0.4, -0.2) is 46.8 Å². The van der Waals surface area contributed by atoms with Gasteiger partial charge in [-0.25, -0.2) is 0 Å². The fraction of sp³-hybridized carbons (Fsp3) is 0.471. The molecule has 1 aliphatic heterocycles. The minimum Gasteiger partial charge on any atom is -0.459 e. The molecule has 1 fully saturated rings. The van der Waals surface area contributed by atoms with E-state index >= 15 is 0 Å². The average molecular weight is 345 g/mol. The highest BCUT2D eigenvalue weighted by atomic mass is 16.3. The second-order valence-corrected chi connectivity index (χ2v) is 6.34. The van der Waals surface area contributed by atoms with Crippen molar-refractivity contribution in [3.8, 4) is 0 Å². The molecular weight excluding hydrogens is 322 g/mol. The topological polar surface area (TPSA) is 92.4 Å². The van der Waals surface area contributed by atoms with Crippen molar-refractivity contribution in [1.29, 1.82) is 0 Å². The molecule has 0 aliphatic carbocycles. The molecule has 2 atom stereocenters. The van der Waals surface area contributed by atoms with E-state index in [0.29, 0.717) is 0 Å². The molecule has 1 saturated heterocycles. The van der Waals surface area contributed by atoms with Gasteiger partial charge in [-0.1, -0.05) is 0 Å². The molecule has 1 aliphatic rings. The van der Waals surface area contributed by atoms with E-state index in [1.165, 1.54) is 6.26 Å². The standard InChI is InChI=1S/C17H23N5O3/c1-12(19-17(24)15-6-4-8-25-15)16(23)20-13-5-3-7-22(10-13)14-9-18-21(2)11-14/h4,6,8-9,11-13H,3,5,7,10H2,1-2H3,(H,19,24)(H,20,23). The third-order valence-corrected chi connectivity index (χ3v) is 4.31. The highest BCUT2D eigenvalue weighted by Crippen LogP contribution is 2.19. The Hall–Kier alpha value is -2.77. The second kappa shape index (κ2) is 7.42. The lowest BCUT2D eigenvalue weighted by Gasteiger charge is -2.34. The van der Waals surface area contributed by atoms with Gasteiger partial charge in [0, 0.05) is 32.4 Å². The summed E-state index contributed by atoms with van der Waals surface area (Å²) >= 11 is 0. The number of furan rings is 1. The average Bonchev–Trinajstić information content (AvgIpc) is 3.26. The maximum absolute atomic E-state index is 12.4. The molecule has 2 aromatic rings. The first kappa shape index (κ1) is 17.1. The van der Waals surface area contributed by atoms with Crippen LogP contribution in [0.3, 0.4) is 0 Å². The van der Waals surface area contributed by atoms with Crippen molar-refractivity contribution in [2.24, 2.45) is 7.05 Å². The van der Waals surface area contributed by atoms with Crippen LogP contribution in [0.4, 0.5) is 5.69 Å². The zero-order valence-electron chi connectivity index (χ0n) is 14.4. The van der Waals surface area contributed by atoms with Crippen molar-refractivity contribution in [2.75, 3.05) is 18.0 Å². The van der Waals surface area contributed by atoms with Crippen LogP contribution in [0.2, 0.25) is 0 Å². The molecule has 2 amide bonds. The maximum atomic E-state index is 12.4. The van der Waals surface area contributed by atoms with Gasteiger partial charge < -0.3 is 20.0 Å². The zero-order valence-corrected chi connectivity index (χ0v) is 14.4. The van der Waals surface area contributed by atoms with E-state index in [1.54, 1.807) is 23.7 Å². The molecular formula is C17H23N5O3. The molecule has 2 aromatic heterocycles. The number of nitrogens with one attached hydrogen (secondary N) is 2. The van der Waals surface area contributed by atoms with Crippen LogP contribution in [0.1, 0.15) is 30.3 Å². The van der Waals surface area contributed by atoms with E-state index in [4.69, 9.17) is 4.42 Å². The first-order valence-corrected chi connectivity index (χ1v) is 8.41. The summed E-state index contributed by atoms with van der Waals surface area (Å²) in [6, 6.07) is 2.61. The van der Waals surface area contributed by atoms with Crippen LogP contribution in [-0.2, 0) is 11.8 Å². The number of amides is 2. The summed E-state index contributed by atoms with van der Waals surface area (Å²) in [6.07, 6.45) is 7.13. The summed E-state index contributed by atoms with van der Waals surface area (Å²) in [5.41, 5.74) is 1.06. The molecule has 0 aromatic carbocycles. The number of nitrogens with zero attached hydrogens (tertiary/aromatic N) is 3. The van der Waals surface area contributed by atoms with E-state index in [-0.39, 0.29) is 17.7 Å². The molecule has 3 rings (SSSR count). The minimum absolute atomic E-state index is 0.0458. The van der Waals surface area contributed by atoms with Crippen molar-refractivity contribution in [3.05, 3.63) is 36.5 Å². The molecule has 0 saturated carbocycles. The van der Waals surface area contributed by atoms with Crippen molar-refractivity contribution in [1.82, 2.24) is 20.4 Å². The van der Waals surface area contributed by atoms with Crippen LogP contribution < -0.4 is 15.5 Å². The summed E-state index contributed by atoms with van der Waals surface area (Å²) < 4.78 is 6.80. The number of anilines is 1. The van der Waals surface area contributed by atoms with Gasteiger partial charge in [-0.05, 0) is 31.9 Å². The highest BCUT2D eigenvalue weighted by molar-refractivity contribution is 5.95. The van der Waals surface area contributed by atoms with Crippen molar-refractivity contribution < 1.29 is 14.0 Å². The first-order valence-electron chi connectivity index (χ1n) is 8.41. The molecule has 0 bridgehead atoms. The van der Waals surface area contributed by atoms with Gasteiger partial charge in [-0.15, -0.1) is 0 Å². The number of piperidine rings is 1. The van der Waals surface area contributed by atoms with Crippen LogP contribution in [0.25, 0.3) is 0 Å². The highest BCUT2D eigenvalue weighted by Gasteiger charge is 2.25. The van der Waals surface area contributed by atoms with E-state index < -0.39 is 11.9 Å². The van der Waals surface area contributed by atoms with Crippen LogP contribution in [0, 0.1) is 0 Å². The Morgan fingerprint density at radius 3 is 2.96 bits per heavy atom. The number of hydrogen-bond acceptors (Lipinski definition) is 5. The van der Waals surface area contributed by atoms with Crippen LogP contribution >= 0.6 is 0 Å². The van der Waals surface area contributed by atoms with E-state index in [9.17, 15) is 9.59 Å². The molecule has 2 N–H and O–H groups in total. The van der Waals surface area contributed by atoms with Gasteiger partial charge in [0.05, 0.1) is 18.1 Å². The van der Waals surface area contributed by atoms with Crippen LogP contribution in [0.5, 0.6) is 0 Å². The van der Waals surface area contributed by atoms with Gasteiger partial charge in [0.1, 0.15) is 6.04 Å². The number of carbonyl (C=O) groups is 2. The molecule has 8 nitrogen and oxygen atoms in total. The molecule has 0 radical (unpaired) electrons.